The lowest BCUT2D eigenvalue weighted by Gasteiger charge is -2.20. The summed E-state index contributed by atoms with van der Waals surface area (Å²) in [6, 6.07) is 12.3. The Morgan fingerprint density at radius 3 is 2.17 bits per heavy atom. The molecule has 0 aliphatic carbocycles. The molecule has 6 nitrogen and oxygen atoms in total. The largest absolute Gasteiger partial charge is 0.481 e. The average Bonchev–Trinajstić information content (AvgIpc) is 2.62. The maximum absolute atomic E-state index is 12.6. The van der Waals surface area contributed by atoms with Gasteiger partial charge in [0.2, 0.25) is 10.0 Å². The van der Waals surface area contributed by atoms with Crippen LogP contribution < -0.4 is 10.1 Å². The summed E-state index contributed by atoms with van der Waals surface area (Å²) in [5, 5.41) is 2.77. The number of hydrogen-bond donors (Lipinski definition) is 1. The molecule has 7 heteroatoms. The Bertz CT molecular complexity index is 975. The maximum atomic E-state index is 12.6. The molecule has 0 aromatic heterocycles. The Morgan fingerprint density at radius 1 is 1.07 bits per heavy atom. The van der Waals surface area contributed by atoms with E-state index in [1.807, 2.05) is 24.3 Å². The normalized spacial score (nSPS) is 13.2. The second-order valence-electron chi connectivity index (χ2n) is 8.29. The molecule has 1 atom stereocenters. The minimum Gasteiger partial charge on any atom is -0.481 e. The van der Waals surface area contributed by atoms with E-state index in [2.05, 4.69) is 26.1 Å². The first-order chi connectivity index (χ1) is 13.3. The summed E-state index contributed by atoms with van der Waals surface area (Å²) < 4.78 is 31.6. The third kappa shape index (κ3) is 5.58. The number of benzene rings is 2. The Hall–Kier alpha value is -2.38. The van der Waals surface area contributed by atoms with Gasteiger partial charge in [0, 0.05) is 19.8 Å². The summed E-state index contributed by atoms with van der Waals surface area (Å²) in [5.74, 6) is 0.244. The predicted molar refractivity (Wildman–Crippen MR) is 116 cm³/mol. The third-order valence-electron chi connectivity index (χ3n) is 4.65. The summed E-state index contributed by atoms with van der Waals surface area (Å²) in [4.78, 5) is 12.7. The summed E-state index contributed by atoms with van der Waals surface area (Å²) >= 11 is 0. The molecule has 0 saturated carbocycles. The Balaban J connectivity index is 2.13. The molecule has 0 aliphatic rings. The zero-order valence-corrected chi connectivity index (χ0v) is 18.9. The number of nitrogens with one attached hydrogen (secondary N) is 1. The highest BCUT2D eigenvalue weighted by molar-refractivity contribution is 7.89. The molecule has 1 amide bonds. The van der Waals surface area contributed by atoms with E-state index in [9.17, 15) is 13.2 Å². The van der Waals surface area contributed by atoms with Crippen LogP contribution in [0.4, 0.5) is 5.69 Å². The van der Waals surface area contributed by atoms with Crippen LogP contribution in [-0.2, 0) is 20.2 Å². The van der Waals surface area contributed by atoms with E-state index in [1.54, 1.807) is 19.9 Å². The topological polar surface area (TPSA) is 75.7 Å². The molecule has 2 rings (SSSR count). The fourth-order valence-electron chi connectivity index (χ4n) is 2.63. The van der Waals surface area contributed by atoms with Gasteiger partial charge in [0.15, 0.2) is 6.10 Å². The van der Waals surface area contributed by atoms with Crippen LogP contribution in [0.1, 0.15) is 38.8 Å². The van der Waals surface area contributed by atoms with Gasteiger partial charge in [-0.25, -0.2) is 12.7 Å². The van der Waals surface area contributed by atoms with Gasteiger partial charge in [0.25, 0.3) is 5.91 Å². The number of ether oxygens (including phenoxy) is 1. The lowest BCUT2D eigenvalue weighted by atomic mass is 9.87. The molecule has 0 aliphatic heterocycles. The van der Waals surface area contributed by atoms with Gasteiger partial charge in [0.05, 0.1) is 4.90 Å². The molecule has 1 unspecified atom stereocenters. The molecule has 0 fully saturated rings. The van der Waals surface area contributed by atoms with Crippen molar-refractivity contribution in [1.82, 2.24) is 4.31 Å². The number of amides is 1. The van der Waals surface area contributed by atoms with Crippen molar-refractivity contribution in [3.05, 3.63) is 53.6 Å². The molecule has 0 bridgehead atoms. The monoisotopic (exact) mass is 418 g/mol. The first-order valence-corrected chi connectivity index (χ1v) is 10.9. The van der Waals surface area contributed by atoms with Crippen LogP contribution in [0.2, 0.25) is 0 Å². The highest BCUT2D eigenvalue weighted by atomic mass is 32.2. The van der Waals surface area contributed by atoms with Gasteiger partial charge in [-0.05, 0) is 54.7 Å². The molecular weight excluding hydrogens is 388 g/mol. The summed E-state index contributed by atoms with van der Waals surface area (Å²) in [7, 11) is -0.653. The van der Waals surface area contributed by atoms with E-state index in [1.165, 1.54) is 31.8 Å². The van der Waals surface area contributed by atoms with Gasteiger partial charge in [-0.1, -0.05) is 39.0 Å². The van der Waals surface area contributed by atoms with Gasteiger partial charge >= 0.3 is 0 Å². The van der Waals surface area contributed by atoms with Crippen molar-refractivity contribution in [1.29, 1.82) is 0 Å². The third-order valence-corrected chi connectivity index (χ3v) is 6.46. The minimum absolute atomic E-state index is 0.0386. The highest BCUT2D eigenvalue weighted by Crippen LogP contribution is 2.25. The van der Waals surface area contributed by atoms with Gasteiger partial charge in [-0.15, -0.1) is 0 Å². The smallest absolute Gasteiger partial charge is 0.265 e. The predicted octanol–water partition coefficient (Wildman–Crippen LogP) is 3.95. The van der Waals surface area contributed by atoms with Gasteiger partial charge in [-0.2, -0.15) is 0 Å². The lowest BCUT2D eigenvalue weighted by Crippen LogP contribution is -2.30. The molecule has 158 valence electrons. The van der Waals surface area contributed by atoms with Crippen molar-refractivity contribution in [3.63, 3.8) is 0 Å². The van der Waals surface area contributed by atoms with E-state index in [-0.39, 0.29) is 16.2 Å². The van der Waals surface area contributed by atoms with Crippen molar-refractivity contribution >= 4 is 21.6 Å². The average molecular weight is 419 g/mol. The van der Waals surface area contributed by atoms with Crippen LogP contribution in [0.3, 0.4) is 0 Å². The van der Waals surface area contributed by atoms with E-state index in [0.717, 1.165) is 9.87 Å². The number of nitrogens with zero attached hydrogens (tertiary/aromatic N) is 1. The molecule has 2 aromatic carbocycles. The molecule has 0 saturated heterocycles. The van der Waals surface area contributed by atoms with E-state index in [4.69, 9.17) is 4.74 Å². The summed E-state index contributed by atoms with van der Waals surface area (Å²) in [6.45, 7) is 9.85. The standard InChI is InChI=1S/C22H30N2O4S/c1-15-8-13-19(29(26,27)24(6)7)14-20(15)23-21(25)16(2)28-18-11-9-17(10-12-18)22(3,4)5/h8-14,16H,1-7H3,(H,23,25). The first kappa shape index (κ1) is 22.9. The highest BCUT2D eigenvalue weighted by Gasteiger charge is 2.21. The van der Waals surface area contributed by atoms with Crippen molar-refractivity contribution in [3.8, 4) is 5.75 Å². The molecule has 0 heterocycles. The Morgan fingerprint density at radius 2 is 1.66 bits per heavy atom. The molecule has 1 N–H and O–H groups in total. The molecular formula is C22H30N2O4S. The second-order valence-corrected chi connectivity index (χ2v) is 10.4. The van der Waals surface area contributed by atoms with Crippen molar-refractivity contribution < 1.29 is 17.9 Å². The number of rotatable bonds is 6. The summed E-state index contributed by atoms with van der Waals surface area (Å²) in [6.07, 6.45) is -0.746. The van der Waals surface area contributed by atoms with Crippen LogP contribution in [0.5, 0.6) is 5.75 Å². The fraction of sp³-hybridized carbons (Fsp3) is 0.409. The first-order valence-electron chi connectivity index (χ1n) is 9.43. The minimum atomic E-state index is -3.59. The molecule has 29 heavy (non-hydrogen) atoms. The zero-order valence-electron chi connectivity index (χ0n) is 18.1. The number of aryl methyl sites for hydroxylation is 1. The van der Waals surface area contributed by atoms with Gasteiger partial charge in [-0.3, -0.25) is 4.79 Å². The number of hydrogen-bond acceptors (Lipinski definition) is 4. The Kier molecular flexibility index (Phi) is 6.75. The Labute approximate surface area is 173 Å². The fourth-order valence-corrected chi connectivity index (χ4v) is 3.56. The number of carbonyl (C=O) groups excluding carboxylic acids is 1. The second kappa shape index (κ2) is 8.55. The van der Waals surface area contributed by atoms with Crippen LogP contribution in [0.15, 0.2) is 47.4 Å². The van der Waals surface area contributed by atoms with Crippen LogP contribution in [-0.4, -0.2) is 38.8 Å². The van der Waals surface area contributed by atoms with Crippen LogP contribution in [0.25, 0.3) is 0 Å². The quantitative estimate of drug-likeness (QED) is 0.771. The van der Waals surface area contributed by atoms with Gasteiger partial charge in [0.1, 0.15) is 5.75 Å². The molecule has 0 radical (unpaired) electrons. The van der Waals surface area contributed by atoms with Crippen LogP contribution >= 0.6 is 0 Å². The maximum Gasteiger partial charge on any atom is 0.265 e. The van der Waals surface area contributed by atoms with Crippen molar-refractivity contribution in [2.75, 3.05) is 19.4 Å². The van der Waals surface area contributed by atoms with Crippen LogP contribution in [0, 0.1) is 6.92 Å². The van der Waals surface area contributed by atoms with Gasteiger partial charge < -0.3 is 10.1 Å². The SMILES string of the molecule is Cc1ccc(S(=O)(=O)N(C)C)cc1NC(=O)C(C)Oc1ccc(C(C)(C)C)cc1. The van der Waals surface area contributed by atoms with Crippen molar-refractivity contribution in [2.24, 2.45) is 0 Å². The molecule has 0 spiro atoms. The van der Waals surface area contributed by atoms with E-state index >= 15 is 0 Å². The number of carbonyl (C=O) groups is 1. The zero-order chi connectivity index (χ0) is 22.0. The van der Waals surface area contributed by atoms with E-state index in [0.29, 0.717) is 11.4 Å². The number of sulfonamides is 1. The van der Waals surface area contributed by atoms with Crippen molar-refractivity contribution in [2.45, 2.75) is 51.0 Å². The summed E-state index contributed by atoms with van der Waals surface area (Å²) in [5.41, 5.74) is 2.42. The lowest BCUT2D eigenvalue weighted by molar-refractivity contribution is -0.122. The van der Waals surface area contributed by atoms with E-state index < -0.39 is 16.1 Å². The molecule has 2 aromatic rings. The number of anilines is 1.